The molecule has 10 heteroatoms. The zero-order chi connectivity index (χ0) is 32.8. The van der Waals surface area contributed by atoms with E-state index in [9.17, 15) is 15.0 Å². The molecule has 1 aliphatic carbocycles. The molecule has 2 fully saturated rings. The van der Waals surface area contributed by atoms with Gasteiger partial charge in [0.25, 0.3) is 0 Å². The van der Waals surface area contributed by atoms with E-state index in [4.69, 9.17) is 18.9 Å². The Morgan fingerprint density at radius 1 is 1.02 bits per heavy atom. The highest BCUT2D eigenvalue weighted by Gasteiger charge is 2.76. The molecule has 2 aliphatic heterocycles. The van der Waals surface area contributed by atoms with Crippen molar-refractivity contribution in [3.05, 3.63) is 83.4 Å². The van der Waals surface area contributed by atoms with Crippen LogP contribution < -0.4 is 24.3 Å². The van der Waals surface area contributed by atoms with Crippen LogP contribution in [0.2, 0.25) is 0 Å². The van der Waals surface area contributed by atoms with Gasteiger partial charge < -0.3 is 39.4 Å². The first-order valence-corrected chi connectivity index (χ1v) is 15.8. The van der Waals surface area contributed by atoms with Crippen molar-refractivity contribution >= 4 is 11.8 Å². The number of hydrogen-bond acceptors (Lipinski definition) is 8. The molecule has 46 heavy (non-hydrogen) atoms. The molecule has 0 aromatic heterocycles. The van der Waals surface area contributed by atoms with Crippen molar-refractivity contribution in [2.45, 2.75) is 62.5 Å². The molecule has 7 atom stereocenters. The van der Waals surface area contributed by atoms with E-state index in [-0.39, 0.29) is 28.9 Å². The van der Waals surface area contributed by atoms with Gasteiger partial charge in [-0.3, -0.25) is 9.59 Å². The van der Waals surface area contributed by atoms with E-state index in [1.165, 1.54) is 14.2 Å². The normalized spacial score (nSPS) is 28.5. The van der Waals surface area contributed by atoms with Crippen LogP contribution in [-0.2, 0) is 20.8 Å². The highest BCUT2D eigenvalue weighted by molar-refractivity contribution is 5.86. The number of nitrogens with zero attached hydrogens (tertiary/aromatic N) is 1. The molecule has 1 saturated heterocycles. The molecular weight excluding hydrogens is 588 g/mol. The summed E-state index contributed by atoms with van der Waals surface area (Å²) < 4.78 is 23.7. The Balaban J connectivity index is 1.60. The third-order valence-electron chi connectivity index (χ3n) is 10.1. The Kier molecular flexibility index (Phi) is 8.37. The van der Waals surface area contributed by atoms with Gasteiger partial charge in [-0.15, -0.1) is 0 Å². The van der Waals surface area contributed by atoms with Crippen molar-refractivity contribution in [1.82, 2.24) is 10.2 Å². The van der Waals surface area contributed by atoms with E-state index in [1.54, 1.807) is 48.4 Å². The summed E-state index contributed by atoms with van der Waals surface area (Å²) in [6.07, 6.45) is -0.244. The number of amides is 2. The molecule has 0 spiro atoms. The van der Waals surface area contributed by atoms with Crippen LogP contribution in [0.25, 0.3) is 0 Å². The number of nitrogens with one attached hydrogen (secondary N) is 1. The predicted octanol–water partition coefficient (Wildman–Crippen LogP) is 4.07. The van der Waals surface area contributed by atoms with E-state index in [1.807, 2.05) is 44.2 Å². The van der Waals surface area contributed by atoms with Crippen molar-refractivity contribution in [2.24, 2.45) is 11.8 Å². The lowest BCUT2D eigenvalue weighted by Gasteiger charge is -2.45. The zero-order valence-electron chi connectivity index (χ0n) is 26.9. The molecule has 3 aromatic carbocycles. The number of carbonyl (C=O) groups is 2. The van der Waals surface area contributed by atoms with Crippen molar-refractivity contribution in [1.29, 1.82) is 0 Å². The Morgan fingerprint density at radius 3 is 2.35 bits per heavy atom. The van der Waals surface area contributed by atoms with Crippen LogP contribution >= 0.6 is 0 Å². The van der Waals surface area contributed by atoms with E-state index in [0.29, 0.717) is 48.4 Å². The molecule has 0 radical (unpaired) electrons. The molecule has 6 rings (SSSR count). The topological polar surface area (TPSA) is 127 Å². The van der Waals surface area contributed by atoms with Gasteiger partial charge in [0, 0.05) is 30.5 Å². The smallest absolute Gasteiger partial charge is 0.231 e. The molecular formula is C36H42N2O8. The highest BCUT2D eigenvalue weighted by Crippen LogP contribution is 2.68. The van der Waals surface area contributed by atoms with Crippen LogP contribution in [0.5, 0.6) is 23.0 Å². The second kappa shape index (κ2) is 12.1. The lowest BCUT2D eigenvalue weighted by Crippen LogP contribution is -2.56. The van der Waals surface area contributed by atoms with Crippen LogP contribution in [0.1, 0.15) is 55.7 Å². The van der Waals surface area contributed by atoms with Crippen molar-refractivity contribution in [3.63, 3.8) is 0 Å². The van der Waals surface area contributed by atoms with Crippen LogP contribution in [0.3, 0.4) is 0 Å². The summed E-state index contributed by atoms with van der Waals surface area (Å²) in [6.45, 7) is 4.19. The van der Waals surface area contributed by atoms with Crippen LogP contribution in [0, 0.1) is 11.8 Å². The first kappa shape index (κ1) is 31.7. The summed E-state index contributed by atoms with van der Waals surface area (Å²) in [5.74, 6) is -1.38. The molecule has 3 aromatic rings. The van der Waals surface area contributed by atoms with Gasteiger partial charge in [0.05, 0.1) is 32.8 Å². The summed E-state index contributed by atoms with van der Waals surface area (Å²) in [7, 11) is 4.54. The quantitative estimate of drug-likeness (QED) is 0.323. The van der Waals surface area contributed by atoms with Crippen molar-refractivity contribution < 1.29 is 38.7 Å². The molecule has 2 amide bonds. The second-order valence-electron chi connectivity index (χ2n) is 12.4. The van der Waals surface area contributed by atoms with Gasteiger partial charge in [0.15, 0.2) is 5.60 Å². The minimum Gasteiger partial charge on any atom is -0.497 e. The van der Waals surface area contributed by atoms with Gasteiger partial charge in [-0.1, -0.05) is 56.3 Å². The van der Waals surface area contributed by atoms with Crippen LogP contribution in [0.15, 0.2) is 66.7 Å². The van der Waals surface area contributed by atoms with Gasteiger partial charge in [-0.05, 0) is 42.5 Å². The SMILES string of the molecule is CCC(C)C(=O)N[C@@H]1CCCN1C(=O)[C@H]1[C@H](c2ccccc2)C2(c3ccc(OC)cc3)Oc3cc(OC)cc(OC)c3[C@]1(O)[C@@H]2O. The maximum absolute atomic E-state index is 15.1. The standard InChI is InChI=1S/C36H42N2O8/c1-6-21(2)32(39)37-28-13-10-18-38(28)33(40)31-29(22-11-8-7-9-12-22)36(23-14-16-24(43-3)17-15-23)34(41)35(31,42)30-26(45-5)19-25(44-4)20-27(30)46-36/h7-9,11-12,14-17,19-21,28-29,31,34,41-42H,6,10,13,18H2,1-5H3,(H,37,39)/t21?,28-,29-,31+,34-,35+,36?/m0/s1. The third-order valence-corrected chi connectivity index (χ3v) is 10.1. The number of carbonyl (C=O) groups excluding carboxylic acids is 2. The number of hydrogen-bond donors (Lipinski definition) is 3. The average Bonchev–Trinajstić information content (AvgIpc) is 3.59. The van der Waals surface area contributed by atoms with Crippen molar-refractivity contribution in [2.75, 3.05) is 27.9 Å². The average molecular weight is 631 g/mol. The molecule has 2 bridgehead atoms. The molecule has 10 nitrogen and oxygen atoms in total. The molecule has 3 aliphatic rings. The van der Waals surface area contributed by atoms with Crippen LogP contribution in [0.4, 0.5) is 0 Å². The summed E-state index contributed by atoms with van der Waals surface area (Å²) in [5, 5.41) is 28.8. The first-order valence-electron chi connectivity index (χ1n) is 15.8. The lowest BCUT2D eigenvalue weighted by molar-refractivity contribution is -0.167. The fourth-order valence-corrected chi connectivity index (χ4v) is 7.61. The number of methoxy groups -OCH3 is 3. The number of fused-ring (bicyclic) bond motifs is 4. The Bertz CT molecular complexity index is 1600. The van der Waals surface area contributed by atoms with Gasteiger partial charge in [0.1, 0.15) is 40.9 Å². The van der Waals surface area contributed by atoms with Gasteiger partial charge in [-0.2, -0.15) is 0 Å². The number of aliphatic hydroxyl groups is 2. The first-order chi connectivity index (χ1) is 22.1. The maximum atomic E-state index is 15.1. The summed E-state index contributed by atoms with van der Waals surface area (Å²) >= 11 is 0. The number of rotatable bonds is 9. The predicted molar refractivity (Wildman–Crippen MR) is 170 cm³/mol. The largest absolute Gasteiger partial charge is 0.497 e. The van der Waals surface area contributed by atoms with E-state index >= 15 is 4.79 Å². The number of likely N-dealkylation sites (tertiary alicyclic amines) is 1. The Hall–Kier alpha value is -4.28. The fourth-order valence-electron chi connectivity index (χ4n) is 7.61. The van der Waals surface area contributed by atoms with E-state index in [0.717, 1.165) is 0 Å². The summed E-state index contributed by atoms with van der Waals surface area (Å²) in [5.41, 5.74) is -2.37. The highest BCUT2D eigenvalue weighted by atomic mass is 16.5. The molecule has 3 N–H and O–H groups in total. The second-order valence-corrected chi connectivity index (χ2v) is 12.4. The number of ether oxygens (including phenoxy) is 4. The lowest BCUT2D eigenvalue weighted by atomic mass is 9.75. The molecule has 2 unspecified atom stereocenters. The Labute approximate surface area is 269 Å². The van der Waals surface area contributed by atoms with Crippen molar-refractivity contribution in [3.8, 4) is 23.0 Å². The van der Waals surface area contributed by atoms with Gasteiger partial charge in [0.2, 0.25) is 11.8 Å². The van der Waals surface area contributed by atoms with Gasteiger partial charge >= 0.3 is 0 Å². The monoisotopic (exact) mass is 630 g/mol. The Morgan fingerprint density at radius 2 is 1.72 bits per heavy atom. The molecule has 1 saturated carbocycles. The van der Waals surface area contributed by atoms with Gasteiger partial charge in [-0.25, -0.2) is 0 Å². The summed E-state index contributed by atoms with van der Waals surface area (Å²) in [6, 6.07) is 19.7. The minimum atomic E-state index is -2.17. The summed E-state index contributed by atoms with van der Waals surface area (Å²) in [4.78, 5) is 29.8. The van der Waals surface area contributed by atoms with E-state index < -0.39 is 41.2 Å². The molecule has 2 heterocycles. The zero-order valence-corrected chi connectivity index (χ0v) is 26.9. The minimum absolute atomic E-state index is 0.132. The van der Waals surface area contributed by atoms with Crippen LogP contribution in [-0.4, -0.2) is 67.1 Å². The fraction of sp³-hybridized carbons (Fsp3) is 0.444. The maximum Gasteiger partial charge on any atom is 0.231 e. The third kappa shape index (κ3) is 4.69. The molecule has 244 valence electrons. The number of benzene rings is 3. The van der Waals surface area contributed by atoms with E-state index in [2.05, 4.69) is 5.32 Å². The number of aliphatic hydroxyl groups excluding tert-OH is 1.